The molecule has 0 saturated carbocycles. The van der Waals surface area contributed by atoms with Crippen molar-refractivity contribution in [1.29, 1.82) is 0 Å². The predicted molar refractivity (Wildman–Crippen MR) is 179 cm³/mol. The summed E-state index contributed by atoms with van der Waals surface area (Å²) in [6.45, 7) is 0. The first-order valence-electron chi connectivity index (χ1n) is 14.8. The van der Waals surface area contributed by atoms with E-state index in [1.807, 2.05) is 0 Å². The van der Waals surface area contributed by atoms with Crippen molar-refractivity contribution in [2.75, 3.05) is 0 Å². The first-order chi connectivity index (χ1) is 20.8. The van der Waals surface area contributed by atoms with Crippen molar-refractivity contribution in [3.8, 4) is 16.8 Å². The highest BCUT2D eigenvalue weighted by Gasteiger charge is 2.19. The Kier molecular flexibility index (Phi) is 5.06. The van der Waals surface area contributed by atoms with Crippen LogP contribution in [0.5, 0.6) is 0 Å². The third-order valence-electron chi connectivity index (χ3n) is 8.91. The van der Waals surface area contributed by atoms with Crippen molar-refractivity contribution in [3.63, 3.8) is 0 Å². The fraction of sp³-hybridized carbons (Fsp3) is 0.0500. The lowest BCUT2D eigenvalue weighted by Crippen LogP contribution is -1.97. The summed E-state index contributed by atoms with van der Waals surface area (Å²) in [5, 5.41) is 7.68. The van der Waals surface area contributed by atoms with Crippen LogP contribution in [0.2, 0.25) is 0 Å². The minimum atomic E-state index is 1.08. The fourth-order valence-corrected chi connectivity index (χ4v) is 6.99. The molecule has 2 heteroatoms. The average Bonchev–Trinajstić information content (AvgIpc) is 3.57. The van der Waals surface area contributed by atoms with Crippen molar-refractivity contribution in [2.24, 2.45) is 0 Å². The molecule has 9 rings (SSSR count). The molecule has 0 unspecified atom stereocenters. The first kappa shape index (κ1) is 23.4. The first-order valence-corrected chi connectivity index (χ1v) is 14.8. The zero-order valence-electron chi connectivity index (χ0n) is 23.2. The van der Waals surface area contributed by atoms with Crippen LogP contribution in [0.3, 0.4) is 0 Å². The van der Waals surface area contributed by atoms with Gasteiger partial charge in [0.05, 0.1) is 22.1 Å². The van der Waals surface area contributed by atoms with E-state index in [9.17, 15) is 0 Å². The molecule has 2 heterocycles. The highest BCUT2D eigenvalue weighted by Crippen LogP contribution is 2.41. The molecular formula is C40H28N2. The number of nitrogens with zero attached hydrogens (tertiary/aromatic N) is 2. The van der Waals surface area contributed by atoms with Crippen LogP contribution in [-0.2, 0) is 0 Å². The van der Waals surface area contributed by atoms with Gasteiger partial charge in [-0.05, 0) is 71.8 Å². The van der Waals surface area contributed by atoms with E-state index in [2.05, 4.69) is 155 Å². The molecule has 0 saturated heterocycles. The van der Waals surface area contributed by atoms with E-state index in [0.29, 0.717) is 0 Å². The van der Waals surface area contributed by atoms with Gasteiger partial charge in [-0.3, -0.25) is 0 Å². The number of aromatic nitrogens is 2. The monoisotopic (exact) mass is 536 g/mol. The molecule has 198 valence electrons. The lowest BCUT2D eigenvalue weighted by molar-refractivity contribution is 1.02. The summed E-state index contributed by atoms with van der Waals surface area (Å²) in [6.07, 6.45) is 9.13. The Hall–Kier alpha value is -5.34. The van der Waals surface area contributed by atoms with Gasteiger partial charge in [-0.1, -0.05) is 103 Å². The number of rotatable bonds is 3. The van der Waals surface area contributed by atoms with E-state index >= 15 is 0 Å². The second kappa shape index (κ2) is 9.09. The molecule has 2 aromatic heterocycles. The minimum absolute atomic E-state index is 1.08. The summed E-state index contributed by atoms with van der Waals surface area (Å²) in [5.74, 6) is 0. The topological polar surface area (TPSA) is 9.86 Å². The summed E-state index contributed by atoms with van der Waals surface area (Å²) in [6, 6.07) is 46.7. The maximum absolute atomic E-state index is 2.46. The summed E-state index contributed by atoms with van der Waals surface area (Å²) in [5.41, 5.74) is 9.91. The van der Waals surface area contributed by atoms with Gasteiger partial charge in [-0.2, -0.15) is 0 Å². The minimum Gasteiger partial charge on any atom is -0.310 e. The summed E-state index contributed by atoms with van der Waals surface area (Å²) >= 11 is 0. The zero-order chi connectivity index (χ0) is 27.6. The van der Waals surface area contributed by atoms with E-state index in [1.54, 1.807) is 0 Å². The third kappa shape index (κ3) is 3.39. The van der Waals surface area contributed by atoms with E-state index in [-0.39, 0.29) is 0 Å². The largest absolute Gasteiger partial charge is 0.310 e. The molecule has 0 bridgehead atoms. The van der Waals surface area contributed by atoms with Crippen LogP contribution in [0, 0.1) is 0 Å². The predicted octanol–water partition coefficient (Wildman–Crippen LogP) is 10.9. The van der Waals surface area contributed by atoms with Crippen molar-refractivity contribution < 1.29 is 0 Å². The molecule has 42 heavy (non-hydrogen) atoms. The molecule has 1 aliphatic rings. The van der Waals surface area contributed by atoms with Crippen LogP contribution < -0.4 is 0 Å². The molecule has 0 N–H and O–H groups in total. The van der Waals surface area contributed by atoms with Crippen molar-refractivity contribution in [1.82, 2.24) is 9.13 Å². The molecule has 8 aromatic rings. The van der Waals surface area contributed by atoms with Crippen molar-refractivity contribution in [2.45, 2.75) is 12.8 Å². The Balaban J connectivity index is 1.37. The van der Waals surface area contributed by atoms with Crippen LogP contribution in [0.25, 0.3) is 76.9 Å². The molecule has 0 radical (unpaired) electrons. The second-order valence-electron chi connectivity index (χ2n) is 11.3. The summed E-state index contributed by atoms with van der Waals surface area (Å²) in [4.78, 5) is 0. The lowest BCUT2D eigenvalue weighted by Gasteiger charge is -2.13. The van der Waals surface area contributed by atoms with Gasteiger partial charge in [0, 0.05) is 38.3 Å². The number of para-hydroxylation sites is 2. The van der Waals surface area contributed by atoms with Crippen molar-refractivity contribution >= 4 is 60.1 Å². The maximum atomic E-state index is 2.46. The van der Waals surface area contributed by atoms with E-state index in [0.717, 1.165) is 12.8 Å². The van der Waals surface area contributed by atoms with Gasteiger partial charge in [0.15, 0.2) is 0 Å². The van der Waals surface area contributed by atoms with Crippen LogP contribution in [0.1, 0.15) is 12.8 Å². The maximum Gasteiger partial charge on any atom is 0.0619 e. The van der Waals surface area contributed by atoms with Gasteiger partial charge in [-0.25, -0.2) is 0 Å². The Morgan fingerprint density at radius 1 is 0.452 bits per heavy atom. The van der Waals surface area contributed by atoms with E-state index in [1.165, 1.54) is 76.9 Å². The lowest BCUT2D eigenvalue weighted by atomic mass is 10.0. The fourth-order valence-electron chi connectivity index (χ4n) is 6.99. The Morgan fingerprint density at radius 2 is 1.14 bits per heavy atom. The summed E-state index contributed by atoms with van der Waals surface area (Å²) < 4.78 is 4.90. The van der Waals surface area contributed by atoms with Gasteiger partial charge < -0.3 is 9.13 Å². The molecule has 0 atom stereocenters. The Labute approximate surface area is 244 Å². The highest BCUT2D eigenvalue weighted by atomic mass is 15.0. The molecule has 0 fully saturated rings. The van der Waals surface area contributed by atoms with Crippen LogP contribution in [-0.4, -0.2) is 9.13 Å². The zero-order valence-corrected chi connectivity index (χ0v) is 23.2. The number of fused-ring (bicyclic) bond motifs is 8. The highest BCUT2D eigenvalue weighted by molar-refractivity contribution is 6.23. The summed E-state index contributed by atoms with van der Waals surface area (Å²) in [7, 11) is 0. The molecule has 0 amide bonds. The average molecular weight is 537 g/mol. The van der Waals surface area contributed by atoms with Crippen LogP contribution in [0.15, 0.2) is 146 Å². The normalized spacial score (nSPS) is 13.6. The molecular weight excluding hydrogens is 508 g/mol. The molecule has 1 aliphatic carbocycles. The van der Waals surface area contributed by atoms with Gasteiger partial charge >= 0.3 is 0 Å². The van der Waals surface area contributed by atoms with Crippen LogP contribution in [0.4, 0.5) is 0 Å². The molecule has 2 nitrogen and oxygen atoms in total. The van der Waals surface area contributed by atoms with E-state index < -0.39 is 0 Å². The van der Waals surface area contributed by atoms with Crippen LogP contribution >= 0.6 is 0 Å². The second-order valence-corrected chi connectivity index (χ2v) is 11.3. The number of hydrogen-bond donors (Lipinski definition) is 0. The molecule has 0 aliphatic heterocycles. The van der Waals surface area contributed by atoms with Gasteiger partial charge in [0.2, 0.25) is 0 Å². The van der Waals surface area contributed by atoms with E-state index in [4.69, 9.17) is 0 Å². The smallest absolute Gasteiger partial charge is 0.0619 e. The number of allylic oxidation sites excluding steroid dienone is 4. The molecule has 0 spiro atoms. The number of benzene rings is 6. The van der Waals surface area contributed by atoms with Gasteiger partial charge in [0.25, 0.3) is 0 Å². The Morgan fingerprint density at radius 3 is 1.90 bits per heavy atom. The van der Waals surface area contributed by atoms with Gasteiger partial charge in [-0.15, -0.1) is 0 Å². The molecule has 6 aromatic carbocycles. The standard InChI is InChI=1S/C40H28N2/c1-3-11-27(12-4-1)28-19-22-31(23-20-28)42-38-18-10-7-15-32(38)34-24-21-29-25-39-36(26-35(29)40(34)42)33-16-8-9-17-37(33)41(39)30-13-5-2-6-14-30/h1,3-5,7-26H,2,6H2. The third-order valence-corrected chi connectivity index (χ3v) is 8.91. The van der Waals surface area contributed by atoms with Crippen molar-refractivity contribution in [3.05, 3.63) is 146 Å². The van der Waals surface area contributed by atoms with Gasteiger partial charge in [0.1, 0.15) is 0 Å². The SMILES string of the molecule is C1=CC(n2c3ccccc3c3cc4c(ccc5c6ccccc6n(-c6ccc(-c7ccccc7)cc6)c45)cc32)=CCC1. The quantitative estimate of drug-likeness (QED) is 0.212. The Bertz CT molecular complexity index is 2380. The number of hydrogen-bond acceptors (Lipinski definition) is 0.